The summed E-state index contributed by atoms with van der Waals surface area (Å²) < 4.78 is 29.0. The first-order valence-electron chi connectivity index (χ1n) is 5.16. The molecule has 0 unspecified atom stereocenters. The topological polar surface area (TPSA) is 98.0 Å². The zero-order valence-corrected chi connectivity index (χ0v) is 17.1. The summed E-state index contributed by atoms with van der Waals surface area (Å²) in [5, 5.41) is 0. The average Bonchev–Trinajstić information content (AvgIpc) is 2.30. The Morgan fingerprint density at radius 3 is 2.38 bits per heavy atom. The van der Waals surface area contributed by atoms with Crippen LogP contribution in [0.4, 0.5) is 11.5 Å². The van der Waals surface area contributed by atoms with E-state index in [1.54, 1.807) is 6.07 Å². The molecule has 0 spiro atoms. The van der Waals surface area contributed by atoms with E-state index < -0.39 is 10.0 Å². The van der Waals surface area contributed by atoms with Gasteiger partial charge >= 0.3 is 0 Å². The molecule has 0 radical (unpaired) electrons. The van der Waals surface area contributed by atoms with E-state index in [1.165, 1.54) is 12.3 Å². The number of rotatable bonds is 3. The Bertz CT molecular complexity index is 790. The zero-order valence-electron chi connectivity index (χ0n) is 9.94. The molecule has 1 aromatic heterocycles. The SMILES string of the molecule is Nc1cc(Br)cc(Br)c1S(=O)(=O)Nc1ncc(Br)nc1Br. The van der Waals surface area contributed by atoms with Crippen molar-refractivity contribution in [2.75, 3.05) is 10.5 Å². The van der Waals surface area contributed by atoms with Crippen molar-refractivity contribution < 1.29 is 8.42 Å². The quantitative estimate of drug-likeness (QED) is 0.550. The van der Waals surface area contributed by atoms with E-state index in [0.29, 0.717) is 13.5 Å². The predicted octanol–water partition coefficient (Wildman–Crippen LogP) is 3.91. The minimum atomic E-state index is -3.92. The number of benzene rings is 1. The standard InChI is InChI=1S/C10H6Br4N4O2S/c11-4-1-5(12)8(6(15)2-4)21(19,20)18-10-9(14)17-7(13)3-16-10/h1-3H,15H2,(H,16,18). The van der Waals surface area contributed by atoms with Gasteiger partial charge in [0.1, 0.15) is 9.50 Å². The van der Waals surface area contributed by atoms with Crippen molar-refractivity contribution >= 4 is 85.2 Å². The van der Waals surface area contributed by atoms with Gasteiger partial charge in [0.05, 0.1) is 11.9 Å². The van der Waals surface area contributed by atoms with Crippen LogP contribution in [0.5, 0.6) is 0 Å². The molecule has 2 rings (SSSR count). The molecule has 11 heteroatoms. The van der Waals surface area contributed by atoms with Crippen LogP contribution in [0.1, 0.15) is 0 Å². The molecule has 21 heavy (non-hydrogen) atoms. The summed E-state index contributed by atoms with van der Waals surface area (Å²) in [7, 11) is -3.92. The molecule has 2 aromatic rings. The molecular weight excluding hydrogens is 560 g/mol. The second-order valence-electron chi connectivity index (χ2n) is 3.74. The number of nitrogens with one attached hydrogen (secondary N) is 1. The van der Waals surface area contributed by atoms with Crippen LogP contribution in [0.3, 0.4) is 0 Å². The Labute approximate surface area is 154 Å². The number of hydrogen-bond acceptors (Lipinski definition) is 5. The first-order valence-corrected chi connectivity index (χ1v) is 9.81. The summed E-state index contributed by atoms with van der Waals surface area (Å²) in [5.74, 6) is 0.0624. The maximum Gasteiger partial charge on any atom is 0.266 e. The Balaban J connectivity index is 2.48. The van der Waals surface area contributed by atoms with E-state index in [4.69, 9.17) is 5.73 Å². The minimum absolute atomic E-state index is 0.0624. The summed E-state index contributed by atoms with van der Waals surface area (Å²) in [6, 6.07) is 3.09. The maximum absolute atomic E-state index is 12.5. The van der Waals surface area contributed by atoms with E-state index in [1.807, 2.05) is 0 Å². The van der Waals surface area contributed by atoms with Crippen molar-refractivity contribution in [2.45, 2.75) is 4.90 Å². The second-order valence-corrected chi connectivity index (χ2v) is 8.70. The fourth-order valence-corrected chi connectivity index (χ4v) is 5.59. The van der Waals surface area contributed by atoms with E-state index >= 15 is 0 Å². The molecule has 1 heterocycles. The van der Waals surface area contributed by atoms with E-state index in [2.05, 4.69) is 78.4 Å². The van der Waals surface area contributed by atoms with Crippen LogP contribution in [0.25, 0.3) is 0 Å². The fourth-order valence-electron chi connectivity index (χ4n) is 1.46. The van der Waals surface area contributed by atoms with Crippen LogP contribution in [-0.2, 0) is 10.0 Å². The lowest BCUT2D eigenvalue weighted by molar-refractivity contribution is 0.601. The van der Waals surface area contributed by atoms with E-state index in [9.17, 15) is 8.42 Å². The van der Waals surface area contributed by atoms with Crippen LogP contribution in [0.15, 0.2) is 41.4 Å². The molecule has 112 valence electrons. The van der Waals surface area contributed by atoms with Crippen molar-refractivity contribution in [2.24, 2.45) is 0 Å². The molecule has 1 aromatic carbocycles. The molecule has 0 saturated carbocycles. The van der Waals surface area contributed by atoms with Crippen LogP contribution >= 0.6 is 63.7 Å². The van der Waals surface area contributed by atoms with Gasteiger partial charge in [0, 0.05) is 8.95 Å². The van der Waals surface area contributed by atoms with Gasteiger partial charge in [-0.3, -0.25) is 4.72 Å². The van der Waals surface area contributed by atoms with Gasteiger partial charge in [0.15, 0.2) is 10.4 Å². The second kappa shape index (κ2) is 6.49. The number of hydrogen-bond donors (Lipinski definition) is 2. The largest absolute Gasteiger partial charge is 0.398 e. The lowest BCUT2D eigenvalue weighted by atomic mass is 10.3. The van der Waals surface area contributed by atoms with Crippen molar-refractivity contribution in [3.63, 3.8) is 0 Å². The smallest absolute Gasteiger partial charge is 0.266 e. The Morgan fingerprint density at radius 1 is 1.14 bits per heavy atom. The van der Waals surface area contributed by atoms with Gasteiger partial charge < -0.3 is 5.73 Å². The van der Waals surface area contributed by atoms with Crippen molar-refractivity contribution in [3.8, 4) is 0 Å². The summed E-state index contributed by atoms with van der Waals surface area (Å²) in [6.45, 7) is 0. The van der Waals surface area contributed by atoms with Crippen molar-refractivity contribution in [3.05, 3.63) is 36.5 Å². The lowest BCUT2D eigenvalue weighted by Crippen LogP contribution is -2.17. The molecule has 0 saturated heterocycles. The fraction of sp³-hybridized carbons (Fsp3) is 0. The molecule has 3 N–H and O–H groups in total. The lowest BCUT2D eigenvalue weighted by Gasteiger charge is -2.12. The summed E-state index contributed by atoms with van der Waals surface area (Å²) in [5.41, 5.74) is 5.89. The molecule has 0 bridgehead atoms. The third-order valence-electron chi connectivity index (χ3n) is 2.24. The number of anilines is 2. The molecule has 0 aliphatic rings. The van der Waals surface area contributed by atoms with E-state index in [0.717, 1.165) is 0 Å². The van der Waals surface area contributed by atoms with Crippen molar-refractivity contribution in [1.29, 1.82) is 0 Å². The van der Waals surface area contributed by atoms with Gasteiger partial charge in [-0.05, 0) is 59.9 Å². The summed E-state index contributed by atoms with van der Waals surface area (Å²) in [6.07, 6.45) is 1.38. The van der Waals surface area contributed by atoms with E-state index in [-0.39, 0.29) is 21.0 Å². The van der Waals surface area contributed by atoms with Gasteiger partial charge in [-0.25, -0.2) is 18.4 Å². The number of sulfonamides is 1. The van der Waals surface area contributed by atoms with Gasteiger partial charge in [-0.2, -0.15) is 0 Å². The van der Waals surface area contributed by atoms with Crippen LogP contribution in [0, 0.1) is 0 Å². The number of aromatic nitrogens is 2. The Morgan fingerprint density at radius 2 is 1.81 bits per heavy atom. The first-order chi connectivity index (χ1) is 9.70. The molecule has 0 fully saturated rings. The molecule has 6 nitrogen and oxygen atoms in total. The minimum Gasteiger partial charge on any atom is -0.398 e. The highest BCUT2D eigenvalue weighted by Gasteiger charge is 2.23. The normalized spacial score (nSPS) is 11.4. The van der Waals surface area contributed by atoms with Crippen LogP contribution in [0.2, 0.25) is 0 Å². The van der Waals surface area contributed by atoms with Gasteiger partial charge in [0.2, 0.25) is 0 Å². The molecular formula is C10H6Br4N4O2S. The molecule has 0 aliphatic heterocycles. The third kappa shape index (κ3) is 3.95. The Hall–Kier alpha value is -0.230. The monoisotopic (exact) mass is 562 g/mol. The molecule has 0 aliphatic carbocycles. The van der Waals surface area contributed by atoms with Gasteiger partial charge in [-0.1, -0.05) is 15.9 Å². The zero-order chi connectivity index (χ0) is 15.8. The summed E-state index contributed by atoms with van der Waals surface area (Å²) in [4.78, 5) is 7.89. The number of nitrogens with two attached hydrogens (primary N) is 1. The van der Waals surface area contributed by atoms with Gasteiger partial charge in [-0.15, -0.1) is 0 Å². The summed E-state index contributed by atoms with van der Waals surface area (Å²) >= 11 is 12.7. The Kier molecular flexibility index (Phi) is 5.29. The predicted molar refractivity (Wildman–Crippen MR) is 94.5 cm³/mol. The highest BCUT2D eigenvalue weighted by atomic mass is 79.9. The van der Waals surface area contributed by atoms with Crippen molar-refractivity contribution in [1.82, 2.24) is 9.97 Å². The average molecular weight is 566 g/mol. The highest BCUT2D eigenvalue weighted by molar-refractivity contribution is 9.11. The van der Waals surface area contributed by atoms with Crippen LogP contribution < -0.4 is 10.5 Å². The number of nitrogens with zero attached hydrogens (tertiary/aromatic N) is 2. The highest BCUT2D eigenvalue weighted by Crippen LogP contribution is 2.33. The maximum atomic E-state index is 12.5. The first kappa shape index (κ1) is 17.1. The number of halogens is 4. The molecule has 0 amide bonds. The number of nitrogen functional groups attached to an aromatic ring is 1. The van der Waals surface area contributed by atoms with Crippen LogP contribution in [-0.4, -0.2) is 18.4 Å². The molecule has 0 atom stereocenters. The van der Waals surface area contributed by atoms with Gasteiger partial charge in [0.25, 0.3) is 10.0 Å². The third-order valence-corrected chi connectivity index (χ3v) is 5.97.